The molecule has 0 saturated carbocycles. The van der Waals surface area contributed by atoms with Crippen LogP contribution in [0.15, 0.2) is 65.7 Å². The number of hydrogen-bond acceptors (Lipinski definition) is 6. The number of fused-ring (bicyclic) bond motifs is 1. The van der Waals surface area contributed by atoms with E-state index in [9.17, 15) is 9.90 Å². The molecule has 1 atom stereocenters. The Hall–Kier alpha value is -3.47. The SMILES string of the molecule is Cc1sc2ncn(CC(O)COc3ccc(C#N)cc3)c(=O)c2c1-c1ccccc1. The molecule has 0 bridgehead atoms. The highest BCUT2D eigenvalue weighted by Gasteiger charge is 2.18. The molecule has 0 radical (unpaired) electrons. The molecule has 2 heterocycles. The molecule has 150 valence electrons. The molecule has 4 rings (SSSR count). The molecule has 0 aliphatic rings. The molecular weight excluding hydrogens is 398 g/mol. The molecule has 4 aromatic rings. The van der Waals surface area contributed by atoms with Gasteiger partial charge >= 0.3 is 0 Å². The predicted molar refractivity (Wildman–Crippen MR) is 117 cm³/mol. The highest BCUT2D eigenvalue weighted by Crippen LogP contribution is 2.35. The zero-order chi connectivity index (χ0) is 21.1. The van der Waals surface area contributed by atoms with Gasteiger partial charge in [-0.3, -0.25) is 9.36 Å². The van der Waals surface area contributed by atoms with Gasteiger partial charge in [-0.05, 0) is 36.8 Å². The summed E-state index contributed by atoms with van der Waals surface area (Å²) in [7, 11) is 0. The number of benzene rings is 2. The Balaban J connectivity index is 1.56. The second-order valence-corrected chi connectivity index (χ2v) is 8.09. The fourth-order valence-corrected chi connectivity index (χ4v) is 4.32. The lowest BCUT2D eigenvalue weighted by Gasteiger charge is -2.14. The second kappa shape index (κ2) is 8.49. The molecule has 2 aromatic heterocycles. The van der Waals surface area contributed by atoms with Gasteiger partial charge in [-0.1, -0.05) is 30.3 Å². The third-order valence-electron chi connectivity index (χ3n) is 4.75. The summed E-state index contributed by atoms with van der Waals surface area (Å²) in [6, 6.07) is 18.5. The molecule has 0 spiro atoms. The van der Waals surface area contributed by atoms with Gasteiger partial charge in [0.1, 0.15) is 23.3 Å². The van der Waals surface area contributed by atoms with Crippen molar-refractivity contribution >= 4 is 21.6 Å². The predicted octanol–water partition coefficient (Wildman–Crippen LogP) is 3.75. The summed E-state index contributed by atoms with van der Waals surface area (Å²) in [5, 5.41) is 19.8. The van der Waals surface area contributed by atoms with Crippen LogP contribution in [-0.2, 0) is 6.54 Å². The third-order valence-corrected chi connectivity index (χ3v) is 5.76. The lowest BCUT2D eigenvalue weighted by atomic mass is 10.0. The van der Waals surface area contributed by atoms with Crippen molar-refractivity contribution < 1.29 is 9.84 Å². The number of nitriles is 1. The van der Waals surface area contributed by atoms with Gasteiger partial charge in [0.25, 0.3) is 5.56 Å². The van der Waals surface area contributed by atoms with Gasteiger partial charge in [0, 0.05) is 10.4 Å². The zero-order valence-corrected chi connectivity index (χ0v) is 17.1. The smallest absolute Gasteiger partial charge is 0.262 e. The summed E-state index contributed by atoms with van der Waals surface area (Å²) in [5.41, 5.74) is 2.23. The molecule has 0 aliphatic carbocycles. The van der Waals surface area contributed by atoms with Crippen LogP contribution in [-0.4, -0.2) is 27.4 Å². The lowest BCUT2D eigenvalue weighted by Crippen LogP contribution is -2.30. The summed E-state index contributed by atoms with van der Waals surface area (Å²) in [5.74, 6) is 0.550. The van der Waals surface area contributed by atoms with Gasteiger partial charge in [-0.25, -0.2) is 4.98 Å². The van der Waals surface area contributed by atoms with E-state index in [0.717, 1.165) is 16.0 Å². The number of hydrogen-bond donors (Lipinski definition) is 1. The Labute approximate surface area is 177 Å². The normalized spacial score (nSPS) is 11.9. The first-order valence-electron chi connectivity index (χ1n) is 9.42. The molecule has 0 aliphatic heterocycles. The van der Waals surface area contributed by atoms with E-state index in [4.69, 9.17) is 10.00 Å². The van der Waals surface area contributed by atoms with Crippen molar-refractivity contribution in [1.29, 1.82) is 5.26 Å². The highest BCUT2D eigenvalue weighted by atomic mass is 32.1. The van der Waals surface area contributed by atoms with Crippen molar-refractivity contribution in [3.63, 3.8) is 0 Å². The average molecular weight is 417 g/mol. The van der Waals surface area contributed by atoms with Crippen molar-refractivity contribution in [2.75, 3.05) is 6.61 Å². The van der Waals surface area contributed by atoms with Gasteiger partial charge in [-0.15, -0.1) is 11.3 Å². The van der Waals surface area contributed by atoms with Crippen LogP contribution in [0.4, 0.5) is 0 Å². The molecular formula is C23H19N3O3S. The van der Waals surface area contributed by atoms with Crippen molar-refractivity contribution in [2.45, 2.75) is 19.6 Å². The Bertz CT molecular complexity index is 1270. The molecule has 2 aromatic carbocycles. The summed E-state index contributed by atoms with van der Waals surface area (Å²) >= 11 is 1.49. The maximum absolute atomic E-state index is 13.2. The van der Waals surface area contributed by atoms with Gasteiger partial charge in [0.05, 0.1) is 29.9 Å². The van der Waals surface area contributed by atoms with Crippen LogP contribution >= 0.6 is 11.3 Å². The molecule has 0 saturated heterocycles. The van der Waals surface area contributed by atoms with Crippen LogP contribution < -0.4 is 10.3 Å². The van der Waals surface area contributed by atoms with E-state index in [2.05, 4.69) is 4.98 Å². The standard InChI is InChI=1S/C23H19N3O3S/c1-15-20(17-5-3-2-4-6-17)21-22(30-15)25-14-26(23(21)28)12-18(27)13-29-19-9-7-16(11-24)8-10-19/h2-10,14,18,27H,12-13H2,1H3. The Morgan fingerprint density at radius 2 is 1.93 bits per heavy atom. The number of aliphatic hydroxyl groups excluding tert-OH is 1. The van der Waals surface area contributed by atoms with E-state index < -0.39 is 6.10 Å². The minimum Gasteiger partial charge on any atom is -0.491 e. The first-order chi connectivity index (χ1) is 14.6. The largest absolute Gasteiger partial charge is 0.491 e. The first kappa shape index (κ1) is 19.8. The molecule has 6 nitrogen and oxygen atoms in total. The quantitative estimate of drug-likeness (QED) is 0.516. The monoisotopic (exact) mass is 417 g/mol. The van der Waals surface area contributed by atoms with Crippen molar-refractivity contribution in [2.24, 2.45) is 0 Å². The third kappa shape index (κ3) is 3.96. The topological polar surface area (TPSA) is 88.1 Å². The number of thiophene rings is 1. The van der Waals surface area contributed by atoms with Gasteiger partial charge in [-0.2, -0.15) is 5.26 Å². The summed E-state index contributed by atoms with van der Waals surface area (Å²) < 4.78 is 7.00. The van der Waals surface area contributed by atoms with Crippen LogP contribution in [0.1, 0.15) is 10.4 Å². The lowest BCUT2D eigenvalue weighted by molar-refractivity contribution is 0.0915. The van der Waals surface area contributed by atoms with Gasteiger partial charge in [0.2, 0.25) is 0 Å². The van der Waals surface area contributed by atoms with Crippen molar-refractivity contribution in [3.05, 3.63) is 81.7 Å². The second-order valence-electron chi connectivity index (χ2n) is 6.88. The number of aryl methyl sites for hydroxylation is 1. The number of aliphatic hydroxyl groups is 1. The maximum atomic E-state index is 13.2. The van der Waals surface area contributed by atoms with E-state index in [1.807, 2.05) is 43.3 Å². The Morgan fingerprint density at radius 1 is 1.20 bits per heavy atom. The molecule has 7 heteroatoms. The van der Waals surface area contributed by atoms with Crippen LogP contribution in [0.3, 0.4) is 0 Å². The van der Waals surface area contributed by atoms with E-state index >= 15 is 0 Å². The van der Waals surface area contributed by atoms with Crippen LogP contribution in [0.5, 0.6) is 5.75 Å². The Morgan fingerprint density at radius 3 is 2.63 bits per heavy atom. The fourth-order valence-electron chi connectivity index (χ4n) is 3.32. The van der Waals surface area contributed by atoms with E-state index in [1.54, 1.807) is 24.3 Å². The number of aromatic nitrogens is 2. The van der Waals surface area contributed by atoms with Crippen molar-refractivity contribution in [3.8, 4) is 22.9 Å². The summed E-state index contributed by atoms with van der Waals surface area (Å²) in [6.45, 7) is 2.07. The van der Waals surface area contributed by atoms with Crippen LogP contribution in [0, 0.1) is 18.3 Å². The first-order valence-corrected chi connectivity index (χ1v) is 10.2. The number of nitrogens with zero attached hydrogens (tertiary/aromatic N) is 3. The maximum Gasteiger partial charge on any atom is 0.262 e. The summed E-state index contributed by atoms with van der Waals surface area (Å²) in [6.07, 6.45) is 0.581. The van der Waals surface area contributed by atoms with Gasteiger partial charge < -0.3 is 9.84 Å². The number of rotatable bonds is 6. The zero-order valence-electron chi connectivity index (χ0n) is 16.3. The van der Waals surface area contributed by atoms with Gasteiger partial charge in [0.15, 0.2) is 0 Å². The molecule has 1 N–H and O–H groups in total. The minimum absolute atomic E-state index is 0.0184. The molecule has 0 fully saturated rings. The molecule has 0 amide bonds. The van der Waals surface area contributed by atoms with Crippen LogP contribution in [0.25, 0.3) is 21.3 Å². The highest BCUT2D eigenvalue weighted by molar-refractivity contribution is 7.19. The molecule has 1 unspecified atom stereocenters. The van der Waals surface area contributed by atoms with E-state index in [-0.39, 0.29) is 18.7 Å². The van der Waals surface area contributed by atoms with E-state index in [0.29, 0.717) is 21.5 Å². The fraction of sp³-hybridized carbons (Fsp3) is 0.174. The molecule has 30 heavy (non-hydrogen) atoms. The average Bonchev–Trinajstić information content (AvgIpc) is 3.12. The summed E-state index contributed by atoms with van der Waals surface area (Å²) in [4.78, 5) is 19.3. The number of ether oxygens (including phenoxy) is 1. The van der Waals surface area contributed by atoms with Crippen molar-refractivity contribution in [1.82, 2.24) is 9.55 Å². The van der Waals surface area contributed by atoms with E-state index in [1.165, 1.54) is 22.2 Å². The Kier molecular flexibility index (Phi) is 5.61. The minimum atomic E-state index is -0.891. The van der Waals surface area contributed by atoms with Crippen LogP contribution in [0.2, 0.25) is 0 Å².